The normalized spacial score (nSPS) is 24.1. The molecule has 1 aliphatic carbocycles. The molecule has 0 bridgehead atoms. The van der Waals surface area contributed by atoms with E-state index in [2.05, 4.69) is 0 Å². The van der Waals surface area contributed by atoms with E-state index in [0.29, 0.717) is 0 Å². The van der Waals surface area contributed by atoms with Crippen molar-refractivity contribution >= 4 is 17.4 Å². The van der Waals surface area contributed by atoms with Gasteiger partial charge >= 0.3 is 0 Å². The van der Waals surface area contributed by atoms with Gasteiger partial charge in [0.05, 0.1) is 5.02 Å². The number of ketones is 1. The second-order valence-electron chi connectivity index (χ2n) is 3.53. The van der Waals surface area contributed by atoms with Crippen LogP contribution in [0.5, 0.6) is 5.75 Å². The second kappa shape index (κ2) is 4.39. The Morgan fingerprint density at radius 2 is 2.25 bits per heavy atom. The van der Waals surface area contributed by atoms with E-state index in [-0.39, 0.29) is 23.0 Å². The summed E-state index contributed by atoms with van der Waals surface area (Å²) >= 11 is 5.60. The molecular formula is C11H10ClFO3. The summed E-state index contributed by atoms with van der Waals surface area (Å²) in [6.45, 7) is 0. The molecule has 2 atom stereocenters. The summed E-state index contributed by atoms with van der Waals surface area (Å²) < 4.78 is 23.7. The van der Waals surface area contributed by atoms with Crippen LogP contribution in [0.3, 0.4) is 0 Å². The number of benzene rings is 1. The third kappa shape index (κ3) is 1.90. The fraction of sp³-hybridized carbons (Fsp3) is 0.364. The molecule has 0 N–H and O–H groups in total. The van der Waals surface area contributed by atoms with Crippen LogP contribution in [0.2, 0.25) is 5.02 Å². The topological polar surface area (TPSA) is 35.5 Å². The van der Waals surface area contributed by atoms with Crippen molar-refractivity contribution in [2.24, 2.45) is 0 Å². The van der Waals surface area contributed by atoms with Crippen molar-refractivity contribution in [2.75, 3.05) is 7.11 Å². The van der Waals surface area contributed by atoms with Crippen molar-refractivity contribution in [1.82, 2.24) is 0 Å². The van der Waals surface area contributed by atoms with Crippen molar-refractivity contribution in [3.05, 3.63) is 29.0 Å². The van der Waals surface area contributed by atoms with Crippen molar-refractivity contribution < 1.29 is 18.7 Å². The Morgan fingerprint density at radius 3 is 2.88 bits per heavy atom. The fourth-order valence-corrected chi connectivity index (χ4v) is 1.76. The molecule has 1 saturated carbocycles. The van der Waals surface area contributed by atoms with E-state index in [9.17, 15) is 9.18 Å². The van der Waals surface area contributed by atoms with Gasteiger partial charge in [-0.25, -0.2) is 4.39 Å². The van der Waals surface area contributed by atoms with Gasteiger partial charge in [-0.3, -0.25) is 4.79 Å². The third-order valence-electron chi connectivity index (χ3n) is 2.51. The van der Waals surface area contributed by atoms with Crippen LogP contribution in [0.1, 0.15) is 6.42 Å². The van der Waals surface area contributed by atoms with Crippen molar-refractivity contribution in [1.29, 1.82) is 0 Å². The zero-order valence-corrected chi connectivity index (χ0v) is 9.33. The van der Waals surface area contributed by atoms with Crippen LogP contribution < -0.4 is 4.74 Å². The Bertz CT molecular complexity index is 422. The second-order valence-corrected chi connectivity index (χ2v) is 3.94. The van der Waals surface area contributed by atoms with Crippen LogP contribution in [-0.2, 0) is 9.53 Å². The van der Waals surface area contributed by atoms with Crippen LogP contribution in [0, 0.1) is 5.82 Å². The van der Waals surface area contributed by atoms with Crippen LogP contribution in [0.4, 0.5) is 4.39 Å². The van der Waals surface area contributed by atoms with Gasteiger partial charge in [0.2, 0.25) is 0 Å². The minimum absolute atomic E-state index is 0.00267. The Balaban J connectivity index is 2.10. The minimum atomic E-state index is -0.613. The summed E-state index contributed by atoms with van der Waals surface area (Å²) in [6, 6.07) is 4.49. The molecule has 0 radical (unpaired) electrons. The van der Waals surface area contributed by atoms with Crippen LogP contribution in [0.15, 0.2) is 18.2 Å². The highest BCUT2D eigenvalue weighted by Crippen LogP contribution is 2.29. The quantitative estimate of drug-likeness (QED) is 0.818. The maximum atomic E-state index is 13.5. The number of ether oxygens (including phenoxy) is 2. The predicted octanol–water partition coefficient (Wildman–Crippen LogP) is 2.21. The standard InChI is InChI=1S/C11H10ClFO3/c1-15-11-7(14)5-9(11)16-8-4-2-3-6(12)10(8)13/h2-4,9,11H,5H2,1H3. The molecule has 86 valence electrons. The summed E-state index contributed by atoms with van der Waals surface area (Å²) in [5.74, 6) is -0.597. The van der Waals surface area contributed by atoms with Gasteiger partial charge in [-0.2, -0.15) is 0 Å². The number of methoxy groups -OCH3 is 1. The molecule has 1 aliphatic rings. The molecule has 5 heteroatoms. The van der Waals surface area contributed by atoms with Crippen molar-refractivity contribution in [3.63, 3.8) is 0 Å². The Kier molecular flexibility index (Phi) is 3.12. The summed E-state index contributed by atoms with van der Waals surface area (Å²) in [4.78, 5) is 11.1. The molecule has 2 rings (SSSR count). The molecular weight excluding hydrogens is 235 g/mol. The average molecular weight is 245 g/mol. The summed E-state index contributed by atoms with van der Waals surface area (Å²) in [5, 5.41) is -0.00267. The van der Waals surface area contributed by atoms with E-state index in [1.807, 2.05) is 0 Å². The van der Waals surface area contributed by atoms with Gasteiger partial charge in [-0.05, 0) is 12.1 Å². The third-order valence-corrected chi connectivity index (χ3v) is 2.80. The van der Waals surface area contributed by atoms with E-state index in [0.717, 1.165) is 0 Å². The number of hydrogen-bond donors (Lipinski definition) is 0. The van der Waals surface area contributed by atoms with E-state index < -0.39 is 18.0 Å². The zero-order chi connectivity index (χ0) is 11.7. The van der Waals surface area contributed by atoms with E-state index >= 15 is 0 Å². The van der Waals surface area contributed by atoms with Crippen LogP contribution >= 0.6 is 11.6 Å². The maximum Gasteiger partial charge on any atom is 0.183 e. The number of carbonyl (C=O) groups is 1. The van der Waals surface area contributed by atoms with Crippen LogP contribution in [0.25, 0.3) is 0 Å². The average Bonchev–Trinajstić information content (AvgIpc) is 2.24. The van der Waals surface area contributed by atoms with Gasteiger partial charge in [0.1, 0.15) is 6.10 Å². The smallest absolute Gasteiger partial charge is 0.183 e. The molecule has 0 saturated heterocycles. The largest absolute Gasteiger partial charge is 0.484 e. The fourth-order valence-electron chi connectivity index (χ4n) is 1.59. The minimum Gasteiger partial charge on any atom is -0.484 e. The SMILES string of the molecule is COC1C(=O)CC1Oc1cccc(Cl)c1F. The van der Waals surface area contributed by atoms with E-state index in [4.69, 9.17) is 21.1 Å². The molecule has 0 amide bonds. The van der Waals surface area contributed by atoms with E-state index in [1.165, 1.54) is 19.2 Å². The first-order chi connectivity index (χ1) is 7.63. The summed E-state index contributed by atoms with van der Waals surface area (Å²) in [7, 11) is 1.42. The molecule has 2 unspecified atom stereocenters. The van der Waals surface area contributed by atoms with Crippen molar-refractivity contribution in [2.45, 2.75) is 18.6 Å². The number of rotatable bonds is 3. The lowest BCUT2D eigenvalue weighted by molar-refractivity contribution is -0.151. The van der Waals surface area contributed by atoms with E-state index in [1.54, 1.807) is 6.07 Å². The monoisotopic (exact) mass is 244 g/mol. The lowest BCUT2D eigenvalue weighted by Gasteiger charge is -2.33. The zero-order valence-electron chi connectivity index (χ0n) is 8.57. The summed E-state index contributed by atoms with van der Waals surface area (Å²) in [6.07, 6.45) is -0.784. The lowest BCUT2D eigenvalue weighted by atomic mass is 9.90. The lowest BCUT2D eigenvalue weighted by Crippen LogP contribution is -2.51. The molecule has 0 spiro atoms. The molecule has 1 aromatic carbocycles. The first-order valence-corrected chi connectivity index (χ1v) is 5.17. The maximum absolute atomic E-state index is 13.5. The molecule has 0 heterocycles. The predicted molar refractivity (Wildman–Crippen MR) is 56.2 cm³/mol. The van der Waals surface area contributed by atoms with Gasteiger partial charge in [0.25, 0.3) is 0 Å². The van der Waals surface area contributed by atoms with Gasteiger partial charge < -0.3 is 9.47 Å². The molecule has 1 fully saturated rings. The molecule has 16 heavy (non-hydrogen) atoms. The van der Waals surface area contributed by atoms with Gasteiger partial charge in [0.15, 0.2) is 23.5 Å². The highest BCUT2D eigenvalue weighted by Gasteiger charge is 2.42. The Morgan fingerprint density at radius 1 is 1.50 bits per heavy atom. The molecule has 3 nitrogen and oxygen atoms in total. The highest BCUT2D eigenvalue weighted by molar-refractivity contribution is 6.30. The Labute approximate surface area is 97.1 Å². The van der Waals surface area contributed by atoms with Gasteiger partial charge in [-0.1, -0.05) is 17.7 Å². The number of hydrogen-bond acceptors (Lipinski definition) is 3. The molecule has 0 aromatic heterocycles. The van der Waals surface area contributed by atoms with Gasteiger partial charge in [0, 0.05) is 13.5 Å². The number of carbonyl (C=O) groups excluding carboxylic acids is 1. The summed E-state index contributed by atoms with van der Waals surface area (Å²) in [5.41, 5.74) is 0. The van der Waals surface area contributed by atoms with Gasteiger partial charge in [-0.15, -0.1) is 0 Å². The Hall–Kier alpha value is -1.13. The van der Waals surface area contributed by atoms with Crippen LogP contribution in [-0.4, -0.2) is 25.1 Å². The first-order valence-electron chi connectivity index (χ1n) is 4.79. The van der Waals surface area contributed by atoms with Crippen molar-refractivity contribution in [3.8, 4) is 5.75 Å². The molecule has 0 aliphatic heterocycles. The number of Topliss-reactive ketones (excluding diaryl/α,β-unsaturated/α-hetero) is 1. The highest BCUT2D eigenvalue weighted by atomic mass is 35.5. The molecule has 1 aromatic rings. The first kappa shape index (κ1) is 11.4. The number of halogens is 2.